The zero-order valence-corrected chi connectivity index (χ0v) is 11.9. The third-order valence-corrected chi connectivity index (χ3v) is 4.55. The molecule has 3 rings (SSSR count). The Morgan fingerprint density at radius 3 is 2.67 bits per heavy atom. The maximum atomic E-state index is 12.2. The summed E-state index contributed by atoms with van der Waals surface area (Å²) >= 11 is 0. The lowest BCUT2D eigenvalue weighted by atomic mass is 9.66. The first-order chi connectivity index (χ1) is 10.1. The molecule has 1 fully saturated rings. The Morgan fingerprint density at radius 2 is 2.00 bits per heavy atom. The minimum Gasteiger partial charge on any atom is -0.481 e. The zero-order chi connectivity index (χ0) is 14.9. The molecule has 0 bridgehead atoms. The van der Waals surface area contributed by atoms with Crippen molar-refractivity contribution in [2.75, 3.05) is 6.54 Å². The SMILES string of the molecule is O=C(O)CC1(CNC(=O)c2ccc3c(c2)COC3)CCC1. The number of fused-ring (bicyclic) bond motifs is 1. The summed E-state index contributed by atoms with van der Waals surface area (Å²) < 4.78 is 5.34. The molecule has 0 atom stereocenters. The second kappa shape index (κ2) is 5.48. The van der Waals surface area contributed by atoms with Gasteiger partial charge in [-0.05, 0) is 41.5 Å². The van der Waals surface area contributed by atoms with Gasteiger partial charge in [-0.1, -0.05) is 12.5 Å². The number of ether oxygens (including phenoxy) is 1. The van der Waals surface area contributed by atoms with Gasteiger partial charge in [-0.3, -0.25) is 9.59 Å². The Morgan fingerprint density at radius 1 is 1.24 bits per heavy atom. The van der Waals surface area contributed by atoms with Crippen LogP contribution in [-0.2, 0) is 22.7 Å². The van der Waals surface area contributed by atoms with Crippen LogP contribution >= 0.6 is 0 Å². The van der Waals surface area contributed by atoms with Gasteiger partial charge in [0.05, 0.1) is 19.6 Å². The van der Waals surface area contributed by atoms with Gasteiger partial charge >= 0.3 is 5.97 Å². The Bertz CT molecular complexity index is 578. The maximum absolute atomic E-state index is 12.2. The molecular formula is C16H19NO4. The number of hydrogen-bond donors (Lipinski definition) is 2. The van der Waals surface area contributed by atoms with Gasteiger partial charge in [0.15, 0.2) is 0 Å². The molecule has 0 unspecified atom stereocenters. The van der Waals surface area contributed by atoms with Crippen molar-refractivity contribution in [1.29, 1.82) is 0 Å². The van der Waals surface area contributed by atoms with E-state index in [9.17, 15) is 9.59 Å². The average molecular weight is 289 g/mol. The summed E-state index contributed by atoms with van der Waals surface area (Å²) in [6.07, 6.45) is 2.92. The van der Waals surface area contributed by atoms with Crippen molar-refractivity contribution in [3.8, 4) is 0 Å². The van der Waals surface area contributed by atoms with Gasteiger partial charge in [-0.2, -0.15) is 0 Å². The third kappa shape index (κ3) is 2.93. The summed E-state index contributed by atoms with van der Waals surface area (Å²) in [5.74, 6) is -0.931. The number of carboxylic acids is 1. The first-order valence-electron chi connectivity index (χ1n) is 7.28. The van der Waals surface area contributed by atoms with Crippen LogP contribution < -0.4 is 5.32 Å². The first kappa shape index (κ1) is 14.1. The molecule has 1 amide bonds. The van der Waals surface area contributed by atoms with E-state index in [4.69, 9.17) is 9.84 Å². The molecule has 0 radical (unpaired) electrons. The zero-order valence-electron chi connectivity index (χ0n) is 11.9. The number of amides is 1. The van der Waals surface area contributed by atoms with Gasteiger partial charge in [-0.25, -0.2) is 0 Å². The van der Waals surface area contributed by atoms with Crippen molar-refractivity contribution in [3.63, 3.8) is 0 Å². The Kier molecular flexibility index (Phi) is 3.68. The van der Waals surface area contributed by atoms with Gasteiger partial charge < -0.3 is 15.2 Å². The number of carboxylic acid groups (broad SMARTS) is 1. The van der Waals surface area contributed by atoms with Crippen LogP contribution in [0.25, 0.3) is 0 Å². The van der Waals surface area contributed by atoms with Gasteiger partial charge in [0.1, 0.15) is 0 Å². The van der Waals surface area contributed by atoms with Crippen LogP contribution in [0.2, 0.25) is 0 Å². The van der Waals surface area contributed by atoms with Crippen molar-refractivity contribution in [2.45, 2.75) is 38.9 Å². The fourth-order valence-electron chi connectivity index (χ4n) is 3.10. The number of aliphatic carboxylic acids is 1. The molecule has 112 valence electrons. The van der Waals surface area contributed by atoms with E-state index < -0.39 is 5.97 Å². The summed E-state index contributed by atoms with van der Waals surface area (Å²) in [6.45, 7) is 1.60. The van der Waals surface area contributed by atoms with Crippen molar-refractivity contribution in [2.24, 2.45) is 5.41 Å². The van der Waals surface area contributed by atoms with Crippen LogP contribution in [0.4, 0.5) is 0 Å². The van der Waals surface area contributed by atoms with Crippen molar-refractivity contribution in [3.05, 3.63) is 34.9 Å². The smallest absolute Gasteiger partial charge is 0.303 e. The topological polar surface area (TPSA) is 75.6 Å². The predicted octanol–water partition coefficient (Wildman–Crippen LogP) is 2.09. The van der Waals surface area contributed by atoms with Crippen LogP contribution in [0, 0.1) is 5.41 Å². The average Bonchev–Trinajstić information content (AvgIpc) is 2.88. The molecule has 2 N–H and O–H groups in total. The second-order valence-electron chi connectivity index (χ2n) is 6.08. The van der Waals surface area contributed by atoms with E-state index in [0.29, 0.717) is 25.3 Å². The monoisotopic (exact) mass is 289 g/mol. The van der Waals surface area contributed by atoms with Crippen molar-refractivity contribution < 1.29 is 19.4 Å². The highest BCUT2D eigenvalue weighted by Crippen LogP contribution is 2.43. The molecule has 0 aromatic heterocycles. The number of rotatable bonds is 5. The molecule has 1 aromatic rings. The van der Waals surface area contributed by atoms with Gasteiger partial charge in [0.2, 0.25) is 0 Å². The van der Waals surface area contributed by atoms with E-state index in [1.165, 1.54) is 0 Å². The Hall–Kier alpha value is -1.88. The molecule has 21 heavy (non-hydrogen) atoms. The molecule has 1 aliphatic carbocycles. The normalized spacial score (nSPS) is 18.7. The van der Waals surface area contributed by atoms with Crippen molar-refractivity contribution >= 4 is 11.9 Å². The molecule has 1 aromatic carbocycles. The summed E-state index contributed by atoms with van der Waals surface area (Å²) in [5.41, 5.74) is 2.56. The minimum atomic E-state index is -0.793. The summed E-state index contributed by atoms with van der Waals surface area (Å²) in [7, 11) is 0. The van der Waals surface area contributed by atoms with Crippen LogP contribution in [0.3, 0.4) is 0 Å². The molecule has 1 heterocycles. The van der Waals surface area contributed by atoms with Gasteiger partial charge in [0, 0.05) is 12.1 Å². The maximum Gasteiger partial charge on any atom is 0.303 e. The number of nitrogens with one attached hydrogen (secondary N) is 1. The highest BCUT2D eigenvalue weighted by Gasteiger charge is 2.39. The fourth-order valence-corrected chi connectivity index (χ4v) is 3.10. The first-order valence-corrected chi connectivity index (χ1v) is 7.28. The standard InChI is InChI=1S/C16H19NO4/c18-14(19)7-16(4-1-5-16)10-17-15(20)11-2-3-12-8-21-9-13(12)6-11/h2-3,6H,1,4-5,7-10H2,(H,17,20)(H,18,19). The Labute approximate surface area is 123 Å². The summed E-state index contributed by atoms with van der Waals surface area (Å²) in [5, 5.41) is 11.9. The largest absolute Gasteiger partial charge is 0.481 e. The molecular weight excluding hydrogens is 270 g/mol. The fraction of sp³-hybridized carbons (Fsp3) is 0.500. The Balaban J connectivity index is 1.62. The van der Waals surface area contributed by atoms with E-state index in [0.717, 1.165) is 30.4 Å². The predicted molar refractivity (Wildman–Crippen MR) is 75.8 cm³/mol. The highest BCUT2D eigenvalue weighted by atomic mass is 16.5. The lowest BCUT2D eigenvalue weighted by molar-refractivity contribution is -0.141. The molecule has 1 saturated carbocycles. The minimum absolute atomic E-state index is 0.130. The number of carbonyl (C=O) groups excluding carboxylic acids is 1. The summed E-state index contributed by atoms with van der Waals surface area (Å²) in [4.78, 5) is 23.1. The van der Waals surface area contributed by atoms with E-state index in [1.54, 1.807) is 6.07 Å². The number of hydrogen-bond acceptors (Lipinski definition) is 3. The molecule has 2 aliphatic rings. The molecule has 5 heteroatoms. The second-order valence-corrected chi connectivity index (χ2v) is 6.08. The van der Waals surface area contributed by atoms with E-state index in [2.05, 4.69) is 5.32 Å². The van der Waals surface area contributed by atoms with Crippen LogP contribution in [-0.4, -0.2) is 23.5 Å². The lowest BCUT2D eigenvalue weighted by Crippen LogP contribution is -2.43. The molecule has 0 saturated heterocycles. The number of benzene rings is 1. The van der Waals surface area contributed by atoms with E-state index in [1.807, 2.05) is 12.1 Å². The lowest BCUT2D eigenvalue weighted by Gasteiger charge is -2.40. The highest BCUT2D eigenvalue weighted by molar-refractivity contribution is 5.94. The third-order valence-electron chi connectivity index (χ3n) is 4.55. The van der Waals surface area contributed by atoms with E-state index in [-0.39, 0.29) is 17.7 Å². The quantitative estimate of drug-likeness (QED) is 0.870. The van der Waals surface area contributed by atoms with Crippen LogP contribution in [0.5, 0.6) is 0 Å². The van der Waals surface area contributed by atoms with Gasteiger partial charge in [0.25, 0.3) is 5.91 Å². The van der Waals surface area contributed by atoms with Gasteiger partial charge in [-0.15, -0.1) is 0 Å². The van der Waals surface area contributed by atoms with Crippen molar-refractivity contribution in [1.82, 2.24) is 5.32 Å². The number of carbonyl (C=O) groups is 2. The molecule has 1 aliphatic heterocycles. The van der Waals surface area contributed by atoms with Crippen LogP contribution in [0.1, 0.15) is 47.2 Å². The van der Waals surface area contributed by atoms with E-state index >= 15 is 0 Å². The van der Waals surface area contributed by atoms with Crippen LogP contribution in [0.15, 0.2) is 18.2 Å². The summed E-state index contributed by atoms with van der Waals surface area (Å²) in [6, 6.07) is 5.59. The molecule has 5 nitrogen and oxygen atoms in total. The molecule has 0 spiro atoms.